The number of rotatable bonds is 5. The van der Waals surface area contributed by atoms with E-state index in [1.807, 2.05) is 30.3 Å². The number of pyridine rings is 1. The molecule has 0 saturated carbocycles. The third-order valence-corrected chi connectivity index (χ3v) is 2.92. The topological polar surface area (TPSA) is 91.3 Å². The zero-order valence-corrected chi connectivity index (χ0v) is 11.4. The Morgan fingerprint density at radius 1 is 1.18 bits per heavy atom. The summed E-state index contributed by atoms with van der Waals surface area (Å²) >= 11 is 0. The van der Waals surface area contributed by atoms with Crippen LogP contribution in [0.3, 0.4) is 0 Å². The van der Waals surface area contributed by atoms with Crippen molar-refractivity contribution in [2.75, 3.05) is 0 Å². The largest absolute Gasteiger partial charge is 0.477 e. The maximum atomic E-state index is 10.8. The van der Waals surface area contributed by atoms with E-state index >= 15 is 0 Å². The number of nitrogens with zero attached hydrogens (tertiary/aromatic N) is 3. The molecule has 7 nitrogen and oxygen atoms in total. The van der Waals surface area contributed by atoms with E-state index in [0.29, 0.717) is 11.5 Å². The van der Waals surface area contributed by atoms with Gasteiger partial charge in [0.05, 0.1) is 0 Å². The Labute approximate surface area is 125 Å². The minimum Gasteiger partial charge on any atom is -0.477 e. The maximum Gasteiger partial charge on any atom is 0.406 e. The van der Waals surface area contributed by atoms with Crippen LogP contribution in [0.25, 0.3) is 11.3 Å². The van der Waals surface area contributed by atoms with Gasteiger partial charge in [-0.05, 0) is 22.0 Å². The molecular formula is C15H11N3O4. The molecule has 0 bridgehead atoms. The zero-order chi connectivity index (χ0) is 15.4. The Hall–Kier alpha value is -3.22. The van der Waals surface area contributed by atoms with E-state index in [1.54, 1.807) is 12.1 Å². The Kier molecular flexibility index (Phi) is 3.78. The summed E-state index contributed by atoms with van der Waals surface area (Å²) in [6.45, 7) is 0.0341. The number of ether oxygens (including phenoxy) is 1. The highest BCUT2D eigenvalue weighted by atomic mass is 16.6. The van der Waals surface area contributed by atoms with Crippen LogP contribution in [-0.2, 0) is 6.61 Å². The normalized spacial score (nSPS) is 10.4. The fourth-order valence-corrected chi connectivity index (χ4v) is 1.91. The summed E-state index contributed by atoms with van der Waals surface area (Å²) in [6, 6.07) is 14.3. The van der Waals surface area contributed by atoms with Gasteiger partial charge < -0.3 is 19.4 Å². The Morgan fingerprint density at radius 2 is 2.00 bits per heavy atom. The first-order valence-electron chi connectivity index (χ1n) is 6.47. The average Bonchev–Trinajstić information content (AvgIpc) is 3.03. The van der Waals surface area contributed by atoms with Crippen molar-refractivity contribution in [3.8, 4) is 17.0 Å². The minimum atomic E-state index is -0.592. The summed E-state index contributed by atoms with van der Waals surface area (Å²) in [5, 5.41) is 14.8. The number of hydrogen-bond acceptors (Lipinski definition) is 6. The Balaban J connectivity index is 1.73. The molecule has 0 aliphatic rings. The molecule has 110 valence electrons. The van der Waals surface area contributed by atoms with Gasteiger partial charge in [0.2, 0.25) is 5.75 Å². The van der Waals surface area contributed by atoms with Crippen LogP contribution < -0.4 is 4.74 Å². The average molecular weight is 297 g/mol. The Bertz CT molecular complexity index is 786. The lowest BCUT2D eigenvalue weighted by atomic mass is 10.1. The summed E-state index contributed by atoms with van der Waals surface area (Å²) in [4.78, 5) is 13.9. The second-order valence-corrected chi connectivity index (χ2v) is 4.42. The van der Waals surface area contributed by atoms with E-state index in [-0.39, 0.29) is 18.2 Å². The maximum absolute atomic E-state index is 10.8. The van der Waals surface area contributed by atoms with Gasteiger partial charge in [0.15, 0.2) is 5.76 Å². The molecule has 1 aromatic carbocycles. The summed E-state index contributed by atoms with van der Waals surface area (Å²) < 4.78 is 10.6. The van der Waals surface area contributed by atoms with Crippen molar-refractivity contribution in [2.24, 2.45) is 0 Å². The lowest BCUT2D eigenvalue weighted by Gasteiger charge is -2.03. The SMILES string of the molecule is O=[N+]([O-])c1ncccc1OCc1cc(-c2ccccc2)no1. The van der Waals surface area contributed by atoms with Crippen molar-refractivity contribution >= 4 is 5.82 Å². The zero-order valence-electron chi connectivity index (χ0n) is 11.4. The van der Waals surface area contributed by atoms with Crippen molar-refractivity contribution in [2.45, 2.75) is 6.61 Å². The van der Waals surface area contributed by atoms with Crippen LogP contribution in [0.15, 0.2) is 59.3 Å². The van der Waals surface area contributed by atoms with E-state index in [2.05, 4.69) is 10.1 Å². The lowest BCUT2D eigenvalue weighted by Crippen LogP contribution is -1.99. The highest BCUT2D eigenvalue weighted by Gasteiger charge is 2.16. The van der Waals surface area contributed by atoms with E-state index in [0.717, 1.165) is 5.56 Å². The van der Waals surface area contributed by atoms with Gasteiger partial charge in [-0.25, -0.2) is 0 Å². The molecule has 0 aliphatic heterocycles. The molecule has 3 rings (SSSR count). The van der Waals surface area contributed by atoms with Gasteiger partial charge in [0.1, 0.15) is 18.5 Å². The van der Waals surface area contributed by atoms with Crippen molar-refractivity contribution in [3.05, 3.63) is 70.6 Å². The monoisotopic (exact) mass is 297 g/mol. The first-order valence-corrected chi connectivity index (χ1v) is 6.47. The minimum absolute atomic E-state index is 0.0341. The molecule has 0 saturated heterocycles. The smallest absolute Gasteiger partial charge is 0.406 e. The Morgan fingerprint density at radius 3 is 2.77 bits per heavy atom. The van der Waals surface area contributed by atoms with Gasteiger partial charge in [0, 0.05) is 11.6 Å². The summed E-state index contributed by atoms with van der Waals surface area (Å²) in [7, 11) is 0. The molecule has 0 spiro atoms. The third-order valence-electron chi connectivity index (χ3n) is 2.92. The first-order chi connectivity index (χ1) is 10.7. The van der Waals surface area contributed by atoms with Crippen LogP contribution in [-0.4, -0.2) is 15.1 Å². The number of hydrogen-bond donors (Lipinski definition) is 0. The molecule has 0 aliphatic carbocycles. The van der Waals surface area contributed by atoms with Crippen LogP contribution in [0.2, 0.25) is 0 Å². The molecule has 7 heteroatoms. The lowest BCUT2D eigenvalue weighted by molar-refractivity contribution is -0.390. The van der Waals surface area contributed by atoms with Gasteiger partial charge in [0.25, 0.3) is 0 Å². The predicted molar refractivity (Wildman–Crippen MR) is 77.2 cm³/mol. The predicted octanol–water partition coefficient (Wildman–Crippen LogP) is 3.22. The van der Waals surface area contributed by atoms with Crippen molar-refractivity contribution in [1.29, 1.82) is 0 Å². The van der Waals surface area contributed by atoms with Crippen molar-refractivity contribution < 1.29 is 14.2 Å². The summed E-state index contributed by atoms with van der Waals surface area (Å²) in [6.07, 6.45) is 1.34. The van der Waals surface area contributed by atoms with Crippen molar-refractivity contribution in [1.82, 2.24) is 10.1 Å². The molecule has 22 heavy (non-hydrogen) atoms. The molecule has 0 N–H and O–H groups in total. The fourth-order valence-electron chi connectivity index (χ4n) is 1.91. The van der Waals surface area contributed by atoms with Crippen LogP contribution in [0.5, 0.6) is 5.75 Å². The standard InChI is InChI=1S/C15H11N3O4/c19-18(20)15-14(7-4-8-16-15)21-10-12-9-13(17-22-12)11-5-2-1-3-6-11/h1-9H,10H2. The van der Waals surface area contributed by atoms with E-state index in [9.17, 15) is 10.1 Å². The molecule has 0 unspecified atom stereocenters. The van der Waals surface area contributed by atoms with Gasteiger partial charge in [-0.2, -0.15) is 0 Å². The third kappa shape index (κ3) is 2.93. The van der Waals surface area contributed by atoms with Crippen LogP contribution >= 0.6 is 0 Å². The van der Waals surface area contributed by atoms with Gasteiger partial charge >= 0.3 is 5.82 Å². The summed E-state index contributed by atoms with van der Waals surface area (Å²) in [5.41, 5.74) is 1.60. The molecular weight excluding hydrogens is 286 g/mol. The second-order valence-electron chi connectivity index (χ2n) is 4.42. The molecule has 0 atom stereocenters. The van der Waals surface area contributed by atoms with E-state index in [1.165, 1.54) is 12.3 Å². The molecule has 2 heterocycles. The van der Waals surface area contributed by atoms with E-state index in [4.69, 9.17) is 9.26 Å². The number of benzene rings is 1. The van der Waals surface area contributed by atoms with Gasteiger partial charge in [-0.3, -0.25) is 0 Å². The molecule has 0 amide bonds. The highest BCUT2D eigenvalue weighted by Crippen LogP contribution is 2.25. The molecule has 0 fully saturated rings. The molecule has 3 aromatic rings. The van der Waals surface area contributed by atoms with Crippen LogP contribution in [0, 0.1) is 10.1 Å². The highest BCUT2D eigenvalue weighted by molar-refractivity contribution is 5.58. The first kappa shape index (κ1) is 13.7. The molecule has 2 aromatic heterocycles. The van der Waals surface area contributed by atoms with Gasteiger partial charge in [-0.15, -0.1) is 0 Å². The van der Waals surface area contributed by atoms with Crippen LogP contribution in [0.4, 0.5) is 5.82 Å². The number of nitro groups is 1. The fraction of sp³-hybridized carbons (Fsp3) is 0.0667. The second kappa shape index (κ2) is 6.04. The number of aromatic nitrogens is 2. The summed E-state index contributed by atoms with van der Waals surface area (Å²) in [5.74, 6) is 0.229. The van der Waals surface area contributed by atoms with E-state index < -0.39 is 4.92 Å². The van der Waals surface area contributed by atoms with Crippen LogP contribution in [0.1, 0.15) is 5.76 Å². The van der Waals surface area contributed by atoms with Crippen molar-refractivity contribution in [3.63, 3.8) is 0 Å². The quantitative estimate of drug-likeness (QED) is 0.530. The van der Waals surface area contributed by atoms with Gasteiger partial charge in [-0.1, -0.05) is 35.5 Å². The molecule has 0 radical (unpaired) electrons.